The number of nitrogens with zero attached hydrogens (tertiary/aromatic N) is 1. The molecular formula is C15H11ClN2O4S2. The number of halogens is 1. The van der Waals surface area contributed by atoms with Crippen LogP contribution >= 0.6 is 22.9 Å². The van der Waals surface area contributed by atoms with Crippen LogP contribution in [0.5, 0.6) is 0 Å². The van der Waals surface area contributed by atoms with Crippen molar-refractivity contribution >= 4 is 44.4 Å². The third-order valence-electron chi connectivity index (χ3n) is 3.14. The van der Waals surface area contributed by atoms with E-state index in [1.54, 1.807) is 12.3 Å². The van der Waals surface area contributed by atoms with Crippen molar-refractivity contribution in [2.45, 2.75) is 16.7 Å². The summed E-state index contributed by atoms with van der Waals surface area (Å²) < 4.78 is 30.4. The number of nitrogens with one attached hydrogen (secondary N) is 1. The van der Waals surface area contributed by atoms with E-state index >= 15 is 0 Å². The van der Waals surface area contributed by atoms with Crippen molar-refractivity contribution in [2.24, 2.45) is 0 Å². The fraction of sp³-hybridized carbons (Fsp3) is 0.0667. The summed E-state index contributed by atoms with van der Waals surface area (Å²) in [6.07, 6.45) is 1.21. The molecule has 1 N–H and O–H groups in total. The highest BCUT2D eigenvalue weighted by Gasteiger charge is 2.24. The Morgan fingerprint density at radius 3 is 2.58 bits per heavy atom. The topological polar surface area (TPSA) is 89.3 Å². The van der Waals surface area contributed by atoms with Crippen LogP contribution < -0.4 is 5.32 Å². The monoisotopic (exact) mass is 382 g/mol. The standard InChI is InChI=1S/C15H11ClN2O4S2/c1-9-17-12(6-22-9)15(19)18-13-7-23-8-14(13)24(20,21)11-4-2-10(16)3-5-11/h2-8H,1H3,(H,18,19). The zero-order valence-electron chi connectivity index (χ0n) is 12.3. The van der Waals surface area contributed by atoms with Crippen molar-refractivity contribution in [2.75, 3.05) is 5.32 Å². The highest BCUT2D eigenvalue weighted by Crippen LogP contribution is 2.31. The van der Waals surface area contributed by atoms with Crippen molar-refractivity contribution in [1.82, 2.24) is 4.98 Å². The summed E-state index contributed by atoms with van der Waals surface area (Å²) in [5, 5.41) is 6.01. The Balaban J connectivity index is 1.92. The molecular weight excluding hydrogens is 372 g/mol. The molecule has 2 aromatic heterocycles. The summed E-state index contributed by atoms with van der Waals surface area (Å²) in [5.41, 5.74) is 0.272. The predicted molar refractivity (Wildman–Crippen MR) is 90.4 cm³/mol. The second-order valence-electron chi connectivity index (χ2n) is 4.81. The summed E-state index contributed by atoms with van der Waals surface area (Å²) >= 11 is 6.96. The Labute approximate surface area is 147 Å². The number of hydrogen-bond acceptors (Lipinski definition) is 6. The third kappa shape index (κ3) is 3.21. The van der Waals surface area contributed by atoms with E-state index in [2.05, 4.69) is 10.3 Å². The number of hydrogen-bond donors (Lipinski definition) is 1. The number of amides is 1. The van der Waals surface area contributed by atoms with E-state index in [0.29, 0.717) is 10.9 Å². The van der Waals surface area contributed by atoms with Gasteiger partial charge in [-0.15, -0.1) is 11.3 Å². The van der Waals surface area contributed by atoms with Crippen molar-refractivity contribution in [3.63, 3.8) is 0 Å². The molecule has 3 rings (SSSR count). The number of carbonyl (C=O) groups excluding carboxylic acids is 1. The van der Waals surface area contributed by atoms with Gasteiger partial charge in [-0.2, -0.15) is 0 Å². The molecule has 124 valence electrons. The first-order valence-electron chi connectivity index (χ1n) is 6.68. The molecule has 0 atom stereocenters. The number of thiophene rings is 1. The van der Waals surface area contributed by atoms with Gasteiger partial charge in [-0.3, -0.25) is 4.79 Å². The quantitative estimate of drug-likeness (QED) is 0.741. The van der Waals surface area contributed by atoms with E-state index in [1.807, 2.05) is 0 Å². The van der Waals surface area contributed by atoms with Crippen molar-refractivity contribution in [3.05, 3.63) is 57.9 Å². The number of anilines is 1. The Hall–Kier alpha value is -2.16. The van der Waals surface area contributed by atoms with Crippen molar-refractivity contribution in [3.8, 4) is 0 Å². The predicted octanol–water partition coefficient (Wildman–Crippen LogP) is 3.78. The van der Waals surface area contributed by atoms with Gasteiger partial charge in [-0.05, 0) is 24.3 Å². The summed E-state index contributed by atoms with van der Waals surface area (Å²) in [7, 11) is -3.77. The van der Waals surface area contributed by atoms with Gasteiger partial charge < -0.3 is 9.73 Å². The molecule has 24 heavy (non-hydrogen) atoms. The minimum atomic E-state index is -3.77. The molecule has 0 spiro atoms. The minimum Gasteiger partial charge on any atom is -0.448 e. The van der Waals surface area contributed by atoms with E-state index in [-0.39, 0.29) is 21.2 Å². The number of sulfone groups is 1. The van der Waals surface area contributed by atoms with Crippen molar-refractivity contribution < 1.29 is 17.6 Å². The maximum Gasteiger partial charge on any atom is 0.277 e. The van der Waals surface area contributed by atoms with Gasteiger partial charge in [0, 0.05) is 22.7 Å². The average Bonchev–Trinajstić information content (AvgIpc) is 3.17. The molecule has 1 aromatic carbocycles. The molecule has 2 heterocycles. The lowest BCUT2D eigenvalue weighted by Gasteiger charge is -2.07. The summed E-state index contributed by atoms with van der Waals surface area (Å²) in [4.78, 5) is 16.2. The Morgan fingerprint density at radius 2 is 1.96 bits per heavy atom. The first-order chi connectivity index (χ1) is 11.4. The molecule has 0 bridgehead atoms. The van der Waals surface area contributed by atoms with Gasteiger partial charge >= 0.3 is 0 Å². The van der Waals surface area contributed by atoms with Crippen LogP contribution in [0.3, 0.4) is 0 Å². The van der Waals surface area contributed by atoms with E-state index in [0.717, 1.165) is 0 Å². The lowest BCUT2D eigenvalue weighted by atomic mass is 10.4. The normalized spacial score (nSPS) is 11.4. The van der Waals surface area contributed by atoms with Gasteiger partial charge in [0.05, 0.1) is 10.6 Å². The number of carbonyl (C=O) groups is 1. The fourth-order valence-electron chi connectivity index (χ4n) is 1.98. The number of aromatic nitrogens is 1. The molecule has 0 saturated carbocycles. The second kappa shape index (κ2) is 6.39. The lowest BCUT2D eigenvalue weighted by molar-refractivity contribution is 0.102. The minimum absolute atomic E-state index is 0.0170. The molecule has 1 amide bonds. The first-order valence-corrected chi connectivity index (χ1v) is 9.48. The fourth-order valence-corrected chi connectivity index (χ4v) is 4.64. The van der Waals surface area contributed by atoms with Gasteiger partial charge in [-0.1, -0.05) is 11.6 Å². The van der Waals surface area contributed by atoms with Crippen LogP contribution in [-0.2, 0) is 9.84 Å². The van der Waals surface area contributed by atoms with Gasteiger partial charge in [-0.25, -0.2) is 13.4 Å². The molecule has 0 aliphatic rings. The molecule has 9 heteroatoms. The van der Waals surface area contributed by atoms with E-state index < -0.39 is 15.7 Å². The molecule has 0 saturated heterocycles. The summed E-state index contributed by atoms with van der Waals surface area (Å²) in [6.45, 7) is 1.61. The highest BCUT2D eigenvalue weighted by molar-refractivity contribution is 7.91. The van der Waals surface area contributed by atoms with Crippen LogP contribution in [-0.4, -0.2) is 19.3 Å². The maximum absolute atomic E-state index is 12.7. The molecule has 0 aliphatic carbocycles. The van der Waals surface area contributed by atoms with E-state index in [9.17, 15) is 13.2 Å². The van der Waals surface area contributed by atoms with Crippen molar-refractivity contribution in [1.29, 1.82) is 0 Å². The van der Waals surface area contributed by atoms with Gasteiger partial charge in [0.25, 0.3) is 5.91 Å². The average molecular weight is 383 g/mol. The summed E-state index contributed by atoms with van der Waals surface area (Å²) in [5.74, 6) is -0.197. The number of rotatable bonds is 4. The van der Waals surface area contributed by atoms with Crippen LogP contribution in [0.25, 0.3) is 0 Å². The lowest BCUT2D eigenvalue weighted by Crippen LogP contribution is -2.14. The Morgan fingerprint density at radius 1 is 1.25 bits per heavy atom. The maximum atomic E-state index is 12.7. The summed E-state index contributed by atoms with van der Waals surface area (Å²) in [6, 6.07) is 5.83. The van der Waals surface area contributed by atoms with Crippen LogP contribution in [0.2, 0.25) is 5.02 Å². The van der Waals surface area contributed by atoms with Crippen LogP contribution in [0.1, 0.15) is 16.4 Å². The smallest absolute Gasteiger partial charge is 0.277 e. The first kappa shape index (κ1) is 16.7. The zero-order valence-corrected chi connectivity index (χ0v) is 14.7. The van der Waals surface area contributed by atoms with Gasteiger partial charge in [0.2, 0.25) is 9.84 Å². The van der Waals surface area contributed by atoms with Gasteiger partial charge in [0.15, 0.2) is 11.6 Å². The van der Waals surface area contributed by atoms with E-state index in [4.69, 9.17) is 16.0 Å². The SMILES string of the molecule is Cc1nc(C(=O)Nc2cscc2S(=O)(=O)c2ccc(Cl)cc2)co1. The Kier molecular flexibility index (Phi) is 4.44. The zero-order chi connectivity index (χ0) is 17.3. The second-order valence-corrected chi connectivity index (χ2v) is 7.91. The Bertz CT molecular complexity index is 991. The number of benzene rings is 1. The molecule has 0 fully saturated rings. The number of oxazole rings is 1. The molecule has 0 radical (unpaired) electrons. The largest absolute Gasteiger partial charge is 0.448 e. The van der Waals surface area contributed by atoms with Gasteiger partial charge in [0.1, 0.15) is 11.2 Å². The highest BCUT2D eigenvalue weighted by atomic mass is 35.5. The van der Waals surface area contributed by atoms with E-state index in [1.165, 1.54) is 47.2 Å². The molecule has 6 nitrogen and oxygen atoms in total. The molecule has 0 unspecified atom stereocenters. The molecule has 0 aliphatic heterocycles. The molecule has 3 aromatic rings. The number of aryl methyl sites for hydroxylation is 1. The van der Waals surface area contributed by atoms with Crippen LogP contribution in [0.4, 0.5) is 5.69 Å². The third-order valence-corrected chi connectivity index (χ3v) is 6.09. The van der Waals surface area contributed by atoms with Crippen LogP contribution in [0, 0.1) is 6.92 Å². The van der Waals surface area contributed by atoms with Crippen LogP contribution in [0.15, 0.2) is 55.5 Å².